The third kappa shape index (κ3) is 1.44. The van der Waals surface area contributed by atoms with Crippen LogP contribution in [0, 0.1) is 23.7 Å². The number of imide groups is 1. The van der Waals surface area contributed by atoms with Crippen LogP contribution in [0.25, 0.3) is 0 Å². The summed E-state index contributed by atoms with van der Waals surface area (Å²) in [6.07, 6.45) is 6.79. The van der Waals surface area contributed by atoms with Crippen molar-refractivity contribution in [1.29, 1.82) is 0 Å². The molecule has 1 aliphatic heterocycles. The van der Waals surface area contributed by atoms with Gasteiger partial charge in [0.05, 0.1) is 17.5 Å². The van der Waals surface area contributed by atoms with Crippen LogP contribution in [-0.2, 0) is 22.4 Å². The third-order valence-corrected chi connectivity index (χ3v) is 6.27. The molecular formula is C18H19NO2. The van der Waals surface area contributed by atoms with Crippen LogP contribution in [0.3, 0.4) is 0 Å². The van der Waals surface area contributed by atoms with E-state index >= 15 is 0 Å². The highest BCUT2D eigenvalue weighted by Gasteiger charge is 2.61. The lowest BCUT2D eigenvalue weighted by Gasteiger charge is -2.19. The molecule has 108 valence electrons. The van der Waals surface area contributed by atoms with Crippen LogP contribution in [0.15, 0.2) is 18.2 Å². The molecule has 4 aliphatic rings. The molecule has 0 spiro atoms. The minimum Gasteiger partial charge on any atom is -0.274 e. The van der Waals surface area contributed by atoms with Gasteiger partial charge < -0.3 is 0 Å². The number of carbonyl (C=O) groups is 2. The highest BCUT2D eigenvalue weighted by molar-refractivity contribution is 6.22. The van der Waals surface area contributed by atoms with E-state index < -0.39 is 0 Å². The maximum Gasteiger partial charge on any atom is 0.237 e. The van der Waals surface area contributed by atoms with Crippen molar-refractivity contribution in [2.75, 3.05) is 4.90 Å². The molecule has 0 aromatic heterocycles. The first-order valence-electron chi connectivity index (χ1n) is 8.23. The normalized spacial score (nSPS) is 36.5. The van der Waals surface area contributed by atoms with Crippen LogP contribution >= 0.6 is 0 Å². The predicted molar refractivity (Wildman–Crippen MR) is 78.8 cm³/mol. The van der Waals surface area contributed by atoms with Crippen molar-refractivity contribution in [2.45, 2.75) is 38.5 Å². The summed E-state index contributed by atoms with van der Waals surface area (Å²) in [7, 11) is 0. The SMILES string of the molecule is O=C1[C@@H]2[C@@H]3CC[C@@H](C3)[C@@H]2C(=O)N1c1ccc2c(c1)CCC2. The van der Waals surface area contributed by atoms with Gasteiger partial charge in [0.1, 0.15) is 0 Å². The van der Waals surface area contributed by atoms with Gasteiger partial charge in [0.2, 0.25) is 11.8 Å². The molecule has 2 saturated carbocycles. The van der Waals surface area contributed by atoms with Crippen LogP contribution in [0.4, 0.5) is 5.69 Å². The number of fused-ring (bicyclic) bond motifs is 6. The zero-order valence-corrected chi connectivity index (χ0v) is 12.0. The molecule has 3 nitrogen and oxygen atoms in total. The maximum atomic E-state index is 12.8. The predicted octanol–water partition coefficient (Wildman–Crippen LogP) is 2.71. The van der Waals surface area contributed by atoms with E-state index in [2.05, 4.69) is 12.1 Å². The summed E-state index contributed by atoms with van der Waals surface area (Å²) in [5, 5.41) is 0. The minimum absolute atomic E-state index is 0.00972. The molecule has 5 rings (SSSR count). The van der Waals surface area contributed by atoms with Gasteiger partial charge >= 0.3 is 0 Å². The Morgan fingerprint density at radius 2 is 1.57 bits per heavy atom. The van der Waals surface area contributed by atoms with E-state index in [-0.39, 0.29) is 23.7 Å². The third-order valence-electron chi connectivity index (χ3n) is 6.27. The van der Waals surface area contributed by atoms with Gasteiger partial charge in [0, 0.05) is 0 Å². The van der Waals surface area contributed by atoms with Crippen molar-refractivity contribution in [3.8, 4) is 0 Å². The number of aryl methyl sites for hydroxylation is 2. The molecule has 3 aliphatic carbocycles. The lowest BCUT2D eigenvalue weighted by atomic mass is 9.81. The Kier molecular flexibility index (Phi) is 2.26. The van der Waals surface area contributed by atoms with Crippen molar-refractivity contribution in [3.63, 3.8) is 0 Å². The molecule has 21 heavy (non-hydrogen) atoms. The second kappa shape index (κ2) is 3.96. The van der Waals surface area contributed by atoms with Crippen molar-refractivity contribution < 1.29 is 9.59 Å². The molecule has 1 aromatic carbocycles. The molecule has 1 saturated heterocycles. The van der Waals surface area contributed by atoms with Crippen molar-refractivity contribution in [1.82, 2.24) is 0 Å². The average Bonchev–Trinajstić information content (AvgIpc) is 3.22. The van der Waals surface area contributed by atoms with E-state index in [0.717, 1.165) is 37.8 Å². The second-order valence-electron chi connectivity index (χ2n) is 7.20. The summed E-state index contributed by atoms with van der Waals surface area (Å²) in [4.78, 5) is 27.1. The van der Waals surface area contributed by atoms with Crippen LogP contribution < -0.4 is 4.90 Å². The first kappa shape index (κ1) is 12.0. The molecule has 3 heteroatoms. The van der Waals surface area contributed by atoms with Crippen LogP contribution in [0.1, 0.15) is 36.8 Å². The zero-order chi connectivity index (χ0) is 14.1. The van der Waals surface area contributed by atoms with Gasteiger partial charge in [0.15, 0.2) is 0 Å². The smallest absolute Gasteiger partial charge is 0.237 e. The van der Waals surface area contributed by atoms with E-state index in [1.807, 2.05) is 6.07 Å². The monoisotopic (exact) mass is 281 g/mol. The topological polar surface area (TPSA) is 37.4 Å². The molecule has 1 heterocycles. The number of hydrogen-bond donors (Lipinski definition) is 0. The Balaban J connectivity index is 1.55. The molecule has 0 radical (unpaired) electrons. The highest BCUT2D eigenvalue weighted by Crippen LogP contribution is 2.56. The van der Waals surface area contributed by atoms with Crippen LogP contribution in [0.5, 0.6) is 0 Å². The van der Waals surface area contributed by atoms with E-state index in [9.17, 15) is 9.59 Å². The minimum atomic E-state index is -0.00972. The quantitative estimate of drug-likeness (QED) is 0.742. The lowest BCUT2D eigenvalue weighted by Crippen LogP contribution is -2.32. The molecule has 0 N–H and O–H groups in total. The number of hydrogen-bond acceptors (Lipinski definition) is 2. The van der Waals surface area contributed by atoms with Gasteiger partial charge in [-0.1, -0.05) is 6.07 Å². The zero-order valence-electron chi connectivity index (χ0n) is 12.0. The number of nitrogens with zero attached hydrogens (tertiary/aromatic N) is 1. The van der Waals surface area contributed by atoms with Gasteiger partial charge in [-0.2, -0.15) is 0 Å². The number of anilines is 1. The van der Waals surface area contributed by atoms with Crippen LogP contribution in [-0.4, -0.2) is 11.8 Å². The van der Waals surface area contributed by atoms with Crippen molar-refractivity contribution in [3.05, 3.63) is 29.3 Å². The summed E-state index contributed by atoms with van der Waals surface area (Å²) in [5.41, 5.74) is 3.53. The number of benzene rings is 1. The first-order valence-corrected chi connectivity index (χ1v) is 8.23. The highest BCUT2D eigenvalue weighted by atomic mass is 16.2. The summed E-state index contributed by atoms with van der Waals surface area (Å²) in [5.74, 6) is 1.08. The molecular weight excluding hydrogens is 262 g/mol. The first-order chi connectivity index (χ1) is 10.2. The van der Waals surface area contributed by atoms with E-state index in [1.165, 1.54) is 22.4 Å². The molecule has 2 amide bonds. The second-order valence-corrected chi connectivity index (χ2v) is 7.20. The van der Waals surface area contributed by atoms with Crippen LogP contribution in [0.2, 0.25) is 0 Å². The Labute approximate surface area is 124 Å². The number of rotatable bonds is 1. The fourth-order valence-corrected chi connectivity index (χ4v) is 5.36. The Bertz CT molecular complexity index is 637. The summed E-state index contributed by atoms with van der Waals surface area (Å²) in [6.45, 7) is 0. The van der Waals surface area contributed by atoms with Crippen molar-refractivity contribution >= 4 is 17.5 Å². The standard InChI is InChI=1S/C18H19NO2/c20-17-15-12-4-5-13(8-12)16(15)18(21)19(17)14-7-6-10-2-1-3-11(10)9-14/h6-7,9,12-13,15-16H,1-5,8H2/t12-,13+,15-,16+. The van der Waals surface area contributed by atoms with Crippen molar-refractivity contribution in [2.24, 2.45) is 23.7 Å². The van der Waals surface area contributed by atoms with Gasteiger partial charge in [0.25, 0.3) is 0 Å². The van der Waals surface area contributed by atoms with Gasteiger partial charge in [-0.05, 0) is 73.6 Å². The van der Waals surface area contributed by atoms with Gasteiger partial charge in [-0.15, -0.1) is 0 Å². The molecule has 3 fully saturated rings. The van der Waals surface area contributed by atoms with E-state index in [1.54, 1.807) is 0 Å². The van der Waals surface area contributed by atoms with E-state index in [0.29, 0.717) is 11.8 Å². The van der Waals surface area contributed by atoms with E-state index in [4.69, 9.17) is 0 Å². The fourth-order valence-electron chi connectivity index (χ4n) is 5.36. The average molecular weight is 281 g/mol. The Morgan fingerprint density at radius 1 is 0.905 bits per heavy atom. The Morgan fingerprint density at radius 3 is 2.29 bits per heavy atom. The Hall–Kier alpha value is -1.64. The molecule has 1 aromatic rings. The molecule has 0 unspecified atom stereocenters. The molecule has 2 bridgehead atoms. The number of carbonyl (C=O) groups excluding carboxylic acids is 2. The summed E-state index contributed by atoms with van der Waals surface area (Å²) in [6, 6.07) is 6.17. The maximum absolute atomic E-state index is 12.8. The van der Waals surface area contributed by atoms with Gasteiger partial charge in [-0.3, -0.25) is 14.5 Å². The summed E-state index contributed by atoms with van der Waals surface area (Å²) < 4.78 is 0. The number of amides is 2. The lowest BCUT2D eigenvalue weighted by molar-refractivity contribution is -0.123. The summed E-state index contributed by atoms with van der Waals surface area (Å²) >= 11 is 0. The van der Waals surface area contributed by atoms with Gasteiger partial charge in [-0.25, -0.2) is 0 Å². The fraction of sp³-hybridized carbons (Fsp3) is 0.556. The molecule has 4 atom stereocenters. The largest absolute Gasteiger partial charge is 0.274 e.